The quantitative estimate of drug-likeness (QED) is 0.918. The highest BCUT2D eigenvalue weighted by Crippen LogP contribution is 2.30. The lowest BCUT2D eigenvalue weighted by Gasteiger charge is -2.25. The summed E-state index contributed by atoms with van der Waals surface area (Å²) in [4.78, 5) is 7.86. The summed E-state index contributed by atoms with van der Waals surface area (Å²) in [6.45, 7) is 1.41. The van der Waals surface area contributed by atoms with E-state index < -0.39 is 0 Å². The summed E-state index contributed by atoms with van der Waals surface area (Å²) >= 11 is 5.23. The van der Waals surface area contributed by atoms with E-state index in [1.807, 2.05) is 24.4 Å². The first-order chi connectivity index (χ1) is 8.70. The summed E-state index contributed by atoms with van der Waals surface area (Å²) < 4.78 is 1.14. The molecule has 1 unspecified atom stereocenters. The maximum atomic E-state index is 5.90. The summed E-state index contributed by atoms with van der Waals surface area (Å²) in [5, 5.41) is 0. The van der Waals surface area contributed by atoms with Gasteiger partial charge < -0.3 is 5.73 Å². The highest BCUT2D eigenvalue weighted by Gasteiger charge is 2.17. The largest absolute Gasteiger partial charge is 0.329 e. The molecule has 1 atom stereocenters. The van der Waals surface area contributed by atoms with Gasteiger partial charge in [0, 0.05) is 24.2 Å². The number of rotatable bonds is 5. The lowest BCUT2D eigenvalue weighted by molar-refractivity contribution is 0.242. The number of pyridine rings is 1. The zero-order chi connectivity index (χ0) is 13.0. The molecule has 0 spiro atoms. The van der Waals surface area contributed by atoms with Crippen LogP contribution in [0.1, 0.15) is 16.6 Å². The molecule has 0 aliphatic heterocycles. The van der Waals surface area contributed by atoms with E-state index in [0.717, 1.165) is 16.0 Å². The predicted octanol–water partition coefficient (Wildman–Crippen LogP) is 3.04. The van der Waals surface area contributed by atoms with Gasteiger partial charge in [-0.3, -0.25) is 9.88 Å². The van der Waals surface area contributed by atoms with Crippen molar-refractivity contribution in [2.45, 2.75) is 12.6 Å². The molecule has 18 heavy (non-hydrogen) atoms. The smallest absolute Gasteiger partial charge is 0.0702 e. The number of nitrogens with two attached hydrogens (primary N) is 1. The van der Waals surface area contributed by atoms with Gasteiger partial charge in [-0.1, -0.05) is 6.07 Å². The molecular weight excluding hydrogens is 310 g/mol. The standard InChI is InChI=1S/C13H16BrN3S/c1-17(9-10-4-2-3-7-16-10)11(8-15)12-5-6-13(14)18-12/h2-7,11H,8-9,15H2,1H3. The molecule has 3 nitrogen and oxygen atoms in total. The SMILES string of the molecule is CN(Cc1ccccn1)C(CN)c1ccc(Br)s1. The van der Waals surface area contributed by atoms with Gasteiger partial charge in [-0.15, -0.1) is 11.3 Å². The van der Waals surface area contributed by atoms with Crippen LogP contribution in [0.15, 0.2) is 40.3 Å². The Kier molecular flexibility index (Phi) is 4.88. The molecule has 0 radical (unpaired) electrons. The van der Waals surface area contributed by atoms with E-state index >= 15 is 0 Å². The van der Waals surface area contributed by atoms with Crippen LogP contribution in [0.3, 0.4) is 0 Å². The van der Waals surface area contributed by atoms with Gasteiger partial charge in [-0.2, -0.15) is 0 Å². The van der Waals surface area contributed by atoms with Crippen molar-refractivity contribution in [1.29, 1.82) is 0 Å². The van der Waals surface area contributed by atoms with Crippen LogP contribution in [-0.2, 0) is 6.54 Å². The second-order valence-corrected chi connectivity index (χ2v) is 6.62. The van der Waals surface area contributed by atoms with E-state index in [9.17, 15) is 0 Å². The molecule has 0 aliphatic carbocycles. The van der Waals surface area contributed by atoms with Crippen molar-refractivity contribution in [1.82, 2.24) is 9.88 Å². The van der Waals surface area contributed by atoms with Crippen molar-refractivity contribution in [3.05, 3.63) is 50.9 Å². The van der Waals surface area contributed by atoms with Gasteiger partial charge in [-0.25, -0.2) is 0 Å². The second-order valence-electron chi connectivity index (χ2n) is 4.13. The minimum atomic E-state index is 0.239. The van der Waals surface area contributed by atoms with Crippen molar-refractivity contribution >= 4 is 27.3 Å². The first kappa shape index (κ1) is 13.7. The van der Waals surface area contributed by atoms with E-state index in [2.05, 4.69) is 45.0 Å². The average molecular weight is 326 g/mol. The Hall–Kier alpha value is -0.750. The molecule has 0 saturated carbocycles. The minimum absolute atomic E-state index is 0.239. The van der Waals surface area contributed by atoms with Gasteiger partial charge in [0.25, 0.3) is 0 Å². The van der Waals surface area contributed by atoms with E-state index in [-0.39, 0.29) is 6.04 Å². The monoisotopic (exact) mass is 325 g/mol. The second kappa shape index (κ2) is 6.43. The zero-order valence-corrected chi connectivity index (χ0v) is 12.6. The fraction of sp³-hybridized carbons (Fsp3) is 0.308. The molecule has 2 aromatic rings. The highest BCUT2D eigenvalue weighted by atomic mass is 79.9. The summed E-state index contributed by atoms with van der Waals surface area (Å²) in [6.07, 6.45) is 1.82. The summed E-state index contributed by atoms with van der Waals surface area (Å²) in [5.74, 6) is 0. The first-order valence-electron chi connectivity index (χ1n) is 5.76. The van der Waals surface area contributed by atoms with Crippen LogP contribution in [0.5, 0.6) is 0 Å². The topological polar surface area (TPSA) is 42.2 Å². The van der Waals surface area contributed by atoms with Crippen molar-refractivity contribution in [3.8, 4) is 0 Å². The molecular formula is C13H16BrN3S. The van der Waals surface area contributed by atoms with Gasteiger partial charge in [0.1, 0.15) is 0 Å². The lowest BCUT2D eigenvalue weighted by atomic mass is 10.2. The molecule has 0 fully saturated rings. The van der Waals surface area contributed by atoms with E-state index in [0.29, 0.717) is 6.54 Å². The molecule has 0 saturated heterocycles. The Balaban J connectivity index is 2.08. The van der Waals surface area contributed by atoms with Crippen molar-refractivity contribution in [2.75, 3.05) is 13.6 Å². The summed E-state index contributed by atoms with van der Waals surface area (Å²) in [7, 11) is 2.08. The number of halogens is 1. The highest BCUT2D eigenvalue weighted by molar-refractivity contribution is 9.11. The molecule has 0 bridgehead atoms. The van der Waals surface area contributed by atoms with Gasteiger partial charge in [-0.05, 0) is 47.2 Å². The third-order valence-electron chi connectivity index (χ3n) is 2.82. The minimum Gasteiger partial charge on any atom is -0.329 e. The third kappa shape index (κ3) is 3.38. The molecule has 0 aliphatic rings. The molecule has 2 heterocycles. The van der Waals surface area contributed by atoms with Crippen molar-refractivity contribution in [3.63, 3.8) is 0 Å². The number of nitrogens with zero attached hydrogens (tertiary/aromatic N) is 2. The number of likely N-dealkylation sites (N-methyl/N-ethyl adjacent to an activating group) is 1. The number of aromatic nitrogens is 1. The number of thiophene rings is 1. The molecule has 5 heteroatoms. The third-order valence-corrected chi connectivity index (χ3v) is 4.54. The molecule has 2 N–H and O–H groups in total. The molecule has 0 aromatic carbocycles. The normalized spacial score (nSPS) is 12.9. The fourth-order valence-corrected chi connectivity index (χ4v) is 3.48. The van der Waals surface area contributed by atoms with Gasteiger partial charge >= 0.3 is 0 Å². The van der Waals surface area contributed by atoms with Crippen LogP contribution in [-0.4, -0.2) is 23.5 Å². The number of hydrogen-bond donors (Lipinski definition) is 1. The first-order valence-corrected chi connectivity index (χ1v) is 7.37. The molecule has 0 amide bonds. The fourth-order valence-electron chi connectivity index (χ4n) is 1.88. The van der Waals surface area contributed by atoms with Crippen LogP contribution < -0.4 is 5.73 Å². The maximum Gasteiger partial charge on any atom is 0.0702 e. The Morgan fingerprint density at radius 1 is 1.39 bits per heavy atom. The Morgan fingerprint density at radius 2 is 2.22 bits per heavy atom. The van der Waals surface area contributed by atoms with Crippen LogP contribution in [0.4, 0.5) is 0 Å². The van der Waals surface area contributed by atoms with Crippen LogP contribution in [0.25, 0.3) is 0 Å². The van der Waals surface area contributed by atoms with Crippen LogP contribution in [0, 0.1) is 0 Å². The summed E-state index contributed by atoms with van der Waals surface area (Å²) in [5.41, 5.74) is 6.96. The van der Waals surface area contributed by atoms with Crippen molar-refractivity contribution in [2.24, 2.45) is 5.73 Å². The van der Waals surface area contributed by atoms with E-state index in [1.165, 1.54) is 4.88 Å². The zero-order valence-electron chi connectivity index (χ0n) is 10.2. The maximum absolute atomic E-state index is 5.90. The Bertz CT molecular complexity index is 486. The molecule has 2 rings (SSSR count). The Labute approximate surface area is 120 Å². The van der Waals surface area contributed by atoms with Gasteiger partial charge in [0.2, 0.25) is 0 Å². The average Bonchev–Trinajstić information content (AvgIpc) is 2.78. The molecule has 2 aromatic heterocycles. The Morgan fingerprint density at radius 3 is 2.78 bits per heavy atom. The van der Waals surface area contributed by atoms with E-state index in [1.54, 1.807) is 11.3 Å². The van der Waals surface area contributed by atoms with E-state index in [4.69, 9.17) is 5.73 Å². The van der Waals surface area contributed by atoms with Crippen molar-refractivity contribution < 1.29 is 0 Å². The molecule has 96 valence electrons. The van der Waals surface area contributed by atoms with Crippen LogP contribution in [0.2, 0.25) is 0 Å². The lowest BCUT2D eigenvalue weighted by Crippen LogP contribution is -2.29. The van der Waals surface area contributed by atoms with Crippen LogP contribution >= 0.6 is 27.3 Å². The van der Waals surface area contributed by atoms with Gasteiger partial charge in [0.15, 0.2) is 0 Å². The summed E-state index contributed by atoms with van der Waals surface area (Å²) in [6, 6.07) is 10.4. The van der Waals surface area contributed by atoms with Gasteiger partial charge in [0.05, 0.1) is 15.5 Å². The predicted molar refractivity (Wildman–Crippen MR) is 79.5 cm³/mol. The number of hydrogen-bond acceptors (Lipinski definition) is 4.